The molecule has 138 valence electrons. The number of nitrogens with zero attached hydrogens (tertiary/aromatic N) is 3. The highest BCUT2D eigenvalue weighted by atomic mass is 16.4. The van der Waals surface area contributed by atoms with Gasteiger partial charge in [0.05, 0.1) is 27.9 Å². The lowest BCUT2D eigenvalue weighted by atomic mass is 10.1. The Balaban J connectivity index is 2.00. The maximum Gasteiger partial charge on any atom is 0.335 e. The van der Waals surface area contributed by atoms with E-state index in [0.717, 1.165) is 0 Å². The minimum absolute atomic E-state index is 0.0491. The van der Waals surface area contributed by atoms with Crippen LogP contribution >= 0.6 is 0 Å². The molecule has 7 heteroatoms. The number of carboxylic acid groups (broad SMARTS) is 1. The lowest BCUT2D eigenvalue weighted by molar-refractivity contribution is 0.0697. The summed E-state index contributed by atoms with van der Waals surface area (Å²) >= 11 is 0. The highest BCUT2D eigenvalue weighted by Crippen LogP contribution is 2.33. The Morgan fingerprint density at radius 1 is 0.929 bits per heavy atom. The third kappa shape index (κ3) is 3.05. The molecule has 0 radical (unpaired) electrons. The number of rotatable bonds is 4. The van der Waals surface area contributed by atoms with E-state index >= 15 is 0 Å². The number of carbonyl (C=O) groups is 1. The molecular weight excluding hydrogens is 358 g/mol. The van der Waals surface area contributed by atoms with Gasteiger partial charge in [-0.1, -0.05) is 24.2 Å². The molecule has 0 atom stereocenters. The molecule has 1 heterocycles. The number of benzene rings is 3. The summed E-state index contributed by atoms with van der Waals surface area (Å²) in [6.07, 6.45) is 0. The van der Waals surface area contributed by atoms with Crippen molar-refractivity contribution in [3.63, 3.8) is 0 Å². The van der Waals surface area contributed by atoms with E-state index in [4.69, 9.17) is 10.6 Å². The zero-order valence-corrected chi connectivity index (χ0v) is 14.2. The van der Waals surface area contributed by atoms with Gasteiger partial charge in [0.2, 0.25) is 0 Å². The van der Waals surface area contributed by atoms with Crippen molar-refractivity contribution in [3.8, 4) is 40.0 Å². The van der Waals surface area contributed by atoms with Gasteiger partial charge in [-0.25, -0.2) is 14.5 Å². The highest BCUT2D eigenvalue weighted by Gasteiger charge is 2.19. The lowest BCUT2D eigenvalue weighted by Gasteiger charge is -2.07. The molecule has 7 nitrogen and oxygen atoms in total. The molecule has 4 aromatic rings. The van der Waals surface area contributed by atoms with Crippen molar-refractivity contribution in [1.82, 2.24) is 14.8 Å². The second-order valence-corrected chi connectivity index (χ2v) is 5.76. The molecule has 0 saturated carbocycles. The van der Waals surface area contributed by atoms with Crippen LogP contribution in [0.2, 0.25) is 0 Å². The van der Waals surface area contributed by atoms with Crippen molar-refractivity contribution in [2.45, 2.75) is 0 Å². The van der Waals surface area contributed by atoms with Gasteiger partial charge < -0.3 is 15.3 Å². The van der Waals surface area contributed by atoms with E-state index in [1.165, 1.54) is 35.0 Å². The lowest BCUT2D eigenvalue weighted by Crippen LogP contribution is -2.02. The number of carboxylic acids is 1. The zero-order chi connectivity index (χ0) is 23.2. The number of phenolic OH excluding ortho intramolecular Hbond substituents is 2. The fourth-order valence-corrected chi connectivity index (χ4v) is 2.65. The van der Waals surface area contributed by atoms with Gasteiger partial charge in [0, 0.05) is 0 Å². The van der Waals surface area contributed by atoms with E-state index in [1.54, 1.807) is 18.2 Å². The van der Waals surface area contributed by atoms with Gasteiger partial charge in [-0.3, -0.25) is 0 Å². The number of aromatic carboxylic acids is 1. The van der Waals surface area contributed by atoms with Gasteiger partial charge in [-0.15, -0.1) is 5.10 Å². The van der Waals surface area contributed by atoms with Gasteiger partial charge in [0.25, 0.3) is 0 Å². The summed E-state index contributed by atoms with van der Waals surface area (Å²) in [7, 11) is 0. The molecule has 0 aliphatic carbocycles. The maximum absolute atomic E-state index is 11.2. The number of phenols is 2. The summed E-state index contributed by atoms with van der Waals surface area (Å²) in [6, 6.07) is 9.65. The Hall–Kier alpha value is -4.13. The summed E-state index contributed by atoms with van der Waals surface area (Å²) in [5.41, 5.74) is 0.405. The molecule has 28 heavy (non-hydrogen) atoms. The average Bonchev–Trinajstić information content (AvgIpc) is 3.21. The minimum atomic E-state index is -1.11. The van der Waals surface area contributed by atoms with Crippen LogP contribution in [-0.2, 0) is 0 Å². The minimum Gasteiger partial charge on any atom is -0.507 e. The van der Waals surface area contributed by atoms with Crippen LogP contribution in [0.15, 0.2) is 72.7 Å². The summed E-state index contributed by atoms with van der Waals surface area (Å²) in [6.45, 7) is 0. The molecular formula is C21H15N3O4. The van der Waals surface area contributed by atoms with Gasteiger partial charge in [0.15, 0.2) is 11.6 Å². The Morgan fingerprint density at radius 2 is 1.64 bits per heavy atom. The first-order valence-corrected chi connectivity index (χ1v) is 8.09. The molecule has 0 bridgehead atoms. The monoisotopic (exact) mass is 377 g/mol. The fourth-order valence-electron chi connectivity index (χ4n) is 2.65. The molecule has 0 aliphatic heterocycles. The topological polar surface area (TPSA) is 108 Å². The average molecular weight is 377 g/mol. The van der Waals surface area contributed by atoms with Crippen molar-refractivity contribution < 1.29 is 25.6 Å². The van der Waals surface area contributed by atoms with Crippen molar-refractivity contribution >= 4 is 5.97 Å². The van der Waals surface area contributed by atoms with Crippen LogP contribution in [0.3, 0.4) is 0 Å². The number of aromatic nitrogens is 3. The maximum atomic E-state index is 11.2. The van der Waals surface area contributed by atoms with Crippen molar-refractivity contribution in [3.05, 3.63) is 78.3 Å². The molecule has 4 rings (SSSR count). The van der Waals surface area contributed by atoms with E-state index in [0.29, 0.717) is 5.69 Å². The van der Waals surface area contributed by atoms with Crippen LogP contribution < -0.4 is 0 Å². The normalized spacial score (nSPS) is 12.7. The standard InChI is InChI=1S/C21H15N3O4/c25-17-7-3-1-5-15(17)19-22-20(16-6-2-4-8-18(16)26)24(23-19)14-11-9-13(10-12-14)21(27)28/h1-12,25-26H,(H,27,28)/i1D,3D,5D,7D. The Labute approximate surface area is 165 Å². The number of hydrogen-bond acceptors (Lipinski definition) is 5. The van der Waals surface area contributed by atoms with Gasteiger partial charge in [-0.2, -0.15) is 0 Å². The van der Waals surface area contributed by atoms with Gasteiger partial charge in [0.1, 0.15) is 11.5 Å². The predicted molar refractivity (Wildman–Crippen MR) is 103 cm³/mol. The molecule has 0 amide bonds. The Morgan fingerprint density at radius 3 is 2.36 bits per heavy atom. The zero-order valence-electron chi connectivity index (χ0n) is 18.2. The van der Waals surface area contributed by atoms with E-state index in [2.05, 4.69) is 10.1 Å². The van der Waals surface area contributed by atoms with E-state index < -0.39 is 35.9 Å². The largest absolute Gasteiger partial charge is 0.507 e. The second-order valence-electron chi connectivity index (χ2n) is 5.76. The first kappa shape index (κ1) is 13.1. The molecule has 0 unspecified atom stereocenters. The van der Waals surface area contributed by atoms with Gasteiger partial charge >= 0.3 is 5.97 Å². The molecule has 0 fully saturated rings. The van der Waals surface area contributed by atoms with E-state index in [-0.39, 0.29) is 34.1 Å². The van der Waals surface area contributed by atoms with Crippen LogP contribution in [0.5, 0.6) is 11.5 Å². The van der Waals surface area contributed by atoms with Crippen LogP contribution in [0.25, 0.3) is 28.5 Å². The van der Waals surface area contributed by atoms with Crippen LogP contribution in [-0.4, -0.2) is 36.1 Å². The van der Waals surface area contributed by atoms with E-state index in [9.17, 15) is 15.0 Å². The number of para-hydroxylation sites is 2. The van der Waals surface area contributed by atoms with Gasteiger partial charge in [-0.05, 0) is 48.5 Å². The first-order chi connectivity index (χ1) is 15.2. The molecule has 0 spiro atoms. The Kier molecular flexibility index (Phi) is 3.22. The number of hydrogen-bond donors (Lipinski definition) is 3. The van der Waals surface area contributed by atoms with Crippen LogP contribution in [0, 0.1) is 0 Å². The van der Waals surface area contributed by atoms with Crippen LogP contribution in [0.4, 0.5) is 0 Å². The summed E-state index contributed by atoms with van der Waals surface area (Å²) in [5, 5.41) is 34.2. The third-order valence-electron chi connectivity index (χ3n) is 4.00. The SMILES string of the molecule is [2H]c1c([2H])c([2H])c(-c2nc(-c3ccccc3O)n(-c3ccc(C(=O)O)cc3)n2)c(O)c1[2H]. The third-order valence-corrected chi connectivity index (χ3v) is 4.00. The van der Waals surface area contributed by atoms with Crippen molar-refractivity contribution in [1.29, 1.82) is 0 Å². The quantitative estimate of drug-likeness (QED) is 0.500. The Bertz CT molecular complexity index is 1340. The smallest absolute Gasteiger partial charge is 0.335 e. The fraction of sp³-hybridized carbons (Fsp3) is 0. The first-order valence-electron chi connectivity index (χ1n) is 10.1. The van der Waals surface area contributed by atoms with Crippen molar-refractivity contribution in [2.24, 2.45) is 0 Å². The molecule has 1 aromatic heterocycles. The second kappa shape index (κ2) is 6.88. The summed E-state index contributed by atoms with van der Waals surface area (Å²) in [4.78, 5) is 15.5. The van der Waals surface area contributed by atoms with Crippen molar-refractivity contribution in [2.75, 3.05) is 0 Å². The summed E-state index contributed by atoms with van der Waals surface area (Å²) < 4.78 is 32.9. The number of aromatic hydroxyl groups is 2. The van der Waals surface area contributed by atoms with Crippen LogP contribution in [0.1, 0.15) is 15.8 Å². The summed E-state index contributed by atoms with van der Waals surface area (Å²) in [5.74, 6) is -2.02. The van der Waals surface area contributed by atoms with E-state index in [1.807, 2.05) is 0 Å². The molecule has 3 N–H and O–H groups in total. The molecule has 0 aliphatic rings. The molecule has 3 aromatic carbocycles. The predicted octanol–water partition coefficient (Wildman–Crippen LogP) is 3.71. The highest BCUT2D eigenvalue weighted by molar-refractivity contribution is 5.87. The molecule has 0 saturated heterocycles.